The maximum atomic E-state index is 11.5. The van der Waals surface area contributed by atoms with Gasteiger partial charge in [0.15, 0.2) is 15.8 Å². The molecule has 28 heavy (non-hydrogen) atoms. The number of sulfone groups is 1. The van der Waals surface area contributed by atoms with E-state index < -0.39 is 9.84 Å². The van der Waals surface area contributed by atoms with Crippen LogP contribution in [0.2, 0.25) is 0 Å². The van der Waals surface area contributed by atoms with E-state index in [2.05, 4.69) is 20.5 Å². The molecule has 0 aliphatic carbocycles. The predicted molar refractivity (Wildman–Crippen MR) is 112 cm³/mol. The fourth-order valence-electron chi connectivity index (χ4n) is 2.74. The lowest BCUT2D eigenvalue weighted by molar-refractivity contribution is 0.265. The van der Waals surface area contributed by atoms with Gasteiger partial charge in [0, 0.05) is 19.3 Å². The number of likely N-dealkylation sites (N-methyl/N-ethyl adjacent to an activating group) is 1. The van der Waals surface area contributed by atoms with Crippen LogP contribution < -0.4 is 10.6 Å². The van der Waals surface area contributed by atoms with E-state index >= 15 is 0 Å². The second-order valence-electron chi connectivity index (χ2n) is 6.81. The lowest BCUT2D eigenvalue weighted by Gasteiger charge is -2.21. The minimum Gasteiger partial charge on any atom is -0.468 e. The maximum Gasteiger partial charge on any atom is 0.191 e. The summed E-state index contributed by atoms with van der Waals surface area (Å²) < 4.78 is 28.6. The first kappa shape index (κ1) is 22.0. The molecule has 0 aliphatic heterocycles. The molecule has 2 N–H and O–H groups in total. The van der Waals surface area contributed by atoms with E-state index in [1.807, 2.05) is 45.3 Å². The zero-order chi connectivity index (χ0) is 20.6. The van der Waals surface area contributed by atoms with Gasteiger partial charge in [0.25, 0.3) is 0 Å². The molecule has 0 aliphatic rings. The average Bonchev–Trinajstić information content (AvgIpc) is 3.15. The van der Waals surface area contributed by atoms with Crippen molar-refractivity contribution in [3.05, 3.63) is 54.0 Å². The van der Waals surface area contributed by atoms with Gasteiger partial charge in [0.05, 0.1) is 23.7 Å². The summed E-state index contributed by atoms with van der Waals surface area (Å²) in [4.78, 5) is 7.10. The monoisotopic (exact) mass is 406 g/mol. The van der Waals surface area contributed by atoms with E-state index in [1.165, 1.54) is 6.26 Å². The highest BCUT2D eigenvalue weighted by Crippen LogP contribution is 2.18. The highest BCUT2D eigenvalue weighted by atomic mass is 32.2. The molecule has 0 radical (unpaired) electrons. The first-order valence-corrected chi connectivity index (χ1v) is 11.2. The van der Waals surface area contributed by atoms with Gasteiger partial charge in [0.2, 0.25) is 0 Å². The summed E-state index contributed by atoms with van der Waals surface area (Å²) in [5.74, 6) is 1.63. The Morgan fingerprint density at radius 2 is 1.89 bits per heavy atom. The predicted octanol–water partition coefficient (Wildman–Crippen LogP) is 2.08. The van der Waals surface area contributed by atoms with Gasteiger partial charge in [-0.15, -0.1) is 0 Å². The standard InChI is InChI=1S/C20H30N4O3S/c1-5-21-20(23-15-18(24(2)3)19-7-6-14-27-19)22-13-12-16-8-10-17(11-9-16)28(4,25)26/h6-11,14,18H,5,12-13,15H2,1-4H3,(H2,21,22,23). The Kier molecular flexibility index (Phi) is 8.07. The van der Waals surface area contributed by atoms with E-state index in [4.69, 9.17) is 4.42 Å². The molecule has 1 aromatic carbocycles. The van der Waals surface area contributed by atoms with Crippen molar-refractivity contribution in [2.75, 3.05) is 40.0 Å². The molecule has 7 nitrogen and oxygen atoms in total. The van der Waals surface area contributed by atoms with Crippen molar-refractivity contribution in [2.45, 2.75) is 24.3 Å². The van der Waals surface area contributed by atoms with Crippen molar-refractivity contribution in [3.63, 3.8) is 0 Å². The summed E-state index contributed by atoms with van der Waals surface area (Å²) in [5, 5.41) is 6.57. The number of rotatable bonds is 9. The summed E-state index contributed by atoms with van der Waals surface area (Å²) in [7, 11) is 0.848. The first-order valence-electron chi connectivity index (χ1n) is 9.32. The molecule has 0 saturated heterocycles. The lowest BCUT2D eigenvalue weighted by Crippen LogP contribution is -2.39. The normalized spacial score (nSPS) is 13.5. The van der Waals surface area contributed by atoms with E-state index in [-0.39, 0.29) is 6.04 Å². The molecule has 0 saturated carbocycles. The molecule has 1 unspecified atom stereocenters. The molecular weight excluding hydrogens is 376 g/mol. The second kappa shape index (κ2) is 10.3. The van der Waals surface area contributed by atoms with Gasteiger partial charge < -0.3 is 15.1 Å². The van der Waals surface area contributed by atoms with Crippen LogP contribution in [0.3, 0.4) is 0 Å². The Bertz CT molecular complexity index is 844. The van der Waals surface area contributed by atoms with Crippen molar-refractivity contribution in [2.24, 2.45) is 4.99 Å². The Hall–Kier alpha value is -2.32. The molecule has 1 aromatic heterocycles. The van der Waals surface area contributed by atoms with Crippen LogP contribution in [-0.2, 0) is 16.3 Å². The minimum atomic E-state index is -3.16. The Morgan fingerprint density at radius 1 is 1.18 bits per heavy atom. The molecule has 2 aromatic rings. The number of nitrogens with one attached hydrogen (secondary N) is 2. The number of benzene rings is 1. The number of nitrogens with zero attached hydrogens (tertiary/aromatic N) is 2. The van der Waals surface area contributed by atoms with Crippen molar-refractivity contribution in [3.8, 4) is 0 Å². The van der Waals surface area contributed by atoms with Crippen LogP contribution in [0.1, 0.15) is 24.3 Å². The molecule has 0 spiro atoms. The minimum absolute atomic E-state index is 0.0639. The molecule has 0 amide bonds. The van der Waals surface area contributed by atoms with Crippen LogP contribution in [0.4, 0.5) is 0 Å². The third-order valence-electron chi connectivity index (χ3n) is 4.32. The molecule has 1 atom stereocenters. The van der Waals surface area contributed by atoms with Gasteiger partial charge >= 0.3 is 0 Å². The quantitative estimate of drug-likeness (QED) is 0.490. The summed E-state index contributed by atoms with van der Waals surface area (Å²) in [6.07, 6.45) is 3.66. The number of aliphatic imine (C=N–C) groups is 1. The van der Waals surface area contributed by atoms with E-state index in [1.54, 1.807) is 18.4 Å². The Balaban J connectivity index is 1.94. The number of guanidine groups is 1. The third-order valence-corrected chi connectivity index (χ3v) is 5.45. The molecule has 2 rings (SSSR count). The summed E-state index contributed by atoms with van der Waals surface area (Å²) >= 11 is 0. The van der Waals surface area contributed by atoms with E-state index in [0.29, 0.717) is 18.0 Å². The summed E-state index contributed by atoms with van der Waals surface area (Å²) in [6, 6.07) is 10.9. The fraction of sp³-hybridized carbons (Fsp3) is 0.450. The Morgan fingerprint density at radius 3 is 2.43 bits per heavy atom. The van der Waals surface area contributed by atoms with E-state index in [9.17, 15) is 8.42 Å². The zero-order valence-corrected chi connectivity index (χ0v) is 17.8. The van der Waals surface area contributed by atoms with Crippen molar-refractivity contribution < 1.29 is 12.8 Å². The van der Waals surface area contributed by atoms with Gasteiger partial charge in [0.1, 0.15) is 5.76 Å². The highest BCUT2D eigenvalue weighted by Gasteiger charge is 2.16. The van der Waals surface area contributed by atoms with Gasteiger partial charge in [-0.3, -0.25) is 9.89 Å². The molecule has 0 fully saturated rings. The maximum absolute atomic E-state index is 11.5. The third kappa shape index (κ3) is 6.69. The fourth-order valence-corrected chi connectivity index (χ4v) is 3.37. The lowest BCUT2D eigenvalue weighted by atomic mass is 10.1. The van der Waals surface area contributed by atoms with Crippen LogP contribution >= 0.6 is 0 Å². The van der Waals surface area contributed by atoms with Crippen LogP contribution in [-0.4, -0.2) is 59.3 Å². The molecule has 1 heterocycles. The van der Waals surface area contributed by atoms with E-state index in [0.717, 1.165) is 30.2 Å². The summed E-state index contributed by atoms with van der Waals surface area (Å²) in [6.45, 7) is 4.05. The number of hydrogen-bond acceptors (Lipinski definition) is 5. The highest BCUT2D eigenvalue weighted by molar-refractivity contribution is 7.90. The van der Waals surface area contributed by atoms with Gasteiger partial charge in [-0.05, 0) is 57.3 Å². The largest absolute Gasteiger partial charge is 0.468 e. The summed E-state index contributed by atoms with van der Waals surface area (Å²) in [5.41, 5.74) is 1.07. The van der Waals surface area contributed by atoms with Crippen LogP contribution in [0.5, 0.6) is 0 Å². The van der Waals surface area contributed by atoms with Crippen LogP contribution in [0, 0.1) is 0 Å². The van der Waals surface area contributed by atoms with Crippen LogP contribution in [0.25, 0.3) is 0 Å². The second-order valence-corrected chi connectivity index (χ2v) is 8.82. The van der Waals surface area contributed by atoms with Gasteiger partial charge in [-0.25, -0.2) is 8.42 Å². The molecule has 8 heteroatoms. The average molecular weight is 407 g/mol. The van der Waals surface area contributed by atoms with Crippen molar-refractivity contribution in [1.82, 2.24) is 15.5 Å². The molecule has 0 bridgehead atoms. The van der Waals surface area contributed by atoms with Crippen molar-refractivity contribution in [1.29, 1.82) is 0 Å². The smallest absolute Gasteiger partial charge is 0.191 e. The molecule has 154 valence electrons. The SMILES string of the molecule is CCNC(=NCC(c1ccco1)N(C)C)NCCc1ccc(S(C)(=O)=O)cc1. The topological polar surface area (TPSA) is 86.9 Å². The number of furan rings is 1. The Labute approximate surface area is 167 Å². The van der Waals surface area contributed by atoms with Gasteiger partial charge in [-0.1, -0.05) is 12.1 Å². The first-order chi connectivity index (χ1) is 13.3. The van der Waals surface area contributed by atoms with Crippen LogP contribution in [0.15, 0.2) is 57.0 Å². The van der Waals surface area contributed by atoms with Gasteiger partial charge in [-0.2, -0.15) is 0 Å². The number of hydrogen-bond donors (Lipinski definition) is 2. The zero-order valence-electron chi connectivity index (χ0n) is 17.0. The molecular formula is C20H30N4O3S. The van der Waals surface area contributed by atoms with Crippen molar-refractivity contribution >= 4 is 15.8 Å².